The van der Waals surface area contributed by atoms with Crippen molar-refractivity contribution in [1.82, 2.24) is 10.2 Å². The molecule has 0 atom stereocenters. The van der Waals surface area contributed by atoms with E-state index in [2.05, 4.69) is 34.6 Å². The summed E-state index contributed by atoms with van der Waals surface area (Å²) in [6, 6.07) is 16.0. The minimum Gasteiger partial charge on any atom is -0.368 e. The zero-order chi connectivity index (χ0) is 19.2. The van der Waals surface area contributed by atoms with Crippen LogP contribution < -0.4 is 15.5 Å². The van der Waals surface area contributed by atoms with Crippen molar-refractivity contribution in [2.45, 2.75) is 20.4 Å². The fraction of sp³-hybridized carbons (Fsp3) is 0.333. The zero-order valence-electron chi connectivity index (χ0n) is 15.9. The lowest BCUT2D eigenvalue weighted by Crippen LogP contribution is -2.51. The van der Waals surface area contributed by atoms with Gasteiger partial charge in [-0.15, -0.1) is 0 Å². The number of piperazine rings is 1. The SMILES string of the molecule is CC(=O)Nc1ccc(N2CCN(C(=O)NCc3ccc(C)cc3)CC2)cc1. The van der Waals surface area contributed by atoms with E-state index in [1.807, 2.05) is 41.3 Å². The van der Waals surface area contributed by atoms with Gasteiger partial charge in [-0.1, -0.05) is 29.8 Å². The number of anilines is 2. The van der Waals surface area contributed by atoms with Crippen LogP contribution in [0.2, 0.25) is 0 Å². The van der Waals surface area contributed by atoms with Gasteiger partial charge in [0.25, 0.3) is 0 Å². The number of amides is 3. The van der Waals surface area contributed by atoms with Crippen molar-refractivity contribution in [2.24, 2.45) is 0 Å². The molecule has 27 heavy (non-hydrogen) atoms. The van der Waals surface area contributed by atoms with E-state index in [0.717, 1.165) is 30.0 Å². The van der Waals surface area contributed by atoms with Crippen molar-refractivity contribution in [1.29, 1.82) is 0 Å². The smallest absolute Gasteiger partial charge is 0.317 e. The maximum atomic E-state index is 12.4. The largest absolute Gasteiger partial charge is 0.368 e. The molecule has 0 saturated carbocycles. The Balaban J connectivity index is 1.47. The predicted molar refractivity (Wildman–Crippen MR) is 108 cm³/mol. The molecule has 0 aliphatic carbocycles. The van der Waals surface area contributed by atoms with E-state index in [1.54, 1.807) is 0 Å². The Morgan fingerprint density at radius 2 is 1.56 bits per heavy atom. The number of nitrogens with one attached hydrogen (secondary N) is 2. The van der Waals surface area contributed by atoms with Crippen LogP contribution in [0.25, 0.3) is 0 Å². The standard InChI is InChI=1S/C21H26N4O2/c1-16-3-5-18(6-4-16)15-22-21(27)25-13-11-24(12-14-25)20-9-7-19(8-10-20)23-17(2)26/h3-10H,11-15H2,1-2H3,(H,22,27)(H,23,26). The molecule has 0 bridgehead atoms. The second kappa shape index (κ2) is 8.58. The van der Waals surface area contributed by atoms with E-state index in [-0.39, 0.29) is 11.9 Å². The number of benzene rings is 2. The molecule has 6 nitrogen and oxygen atoms in total. The summed E-state index contributed by atoms with van der Waals surface area (Å²) >= 11 is 0. The highest BCUT2D eigenvalue weighted by molar-refractivity contribution is 5.88. The van der Waals surface area contributed by atoms with Gasteiger partial charge >= 0.3 is 6.03 Å². The lowest BCUT2D eigenvalue weighted by molar-refractivity contribution is -0.114. The van der Waals surface area contributed by atoms with Crippen LogP contribution in [-0.2, 0) is 11.3 Å². The quantitative estimate of drug-likeness (QED) is 0.874. The van der Waals surface area contributed by atoms with Gasteiger partial charge in [0, 0.05) is 51.0 Å². The van der Waals surface area contributed by atoms with Crippen LogP contribution in [0.4, 0.5) is 16.2 Å². The van der Waals surface area contributed by atoms with Gasteiger partial charge in [0.05, 0.1) is 0 Å². The van der Waals surface area contributed by atoms with Crippen LogP contribution in [-0.4, -0.2) is 43.0 Å². The summed E-state index contributed by atoms with van der Waals surface area (Å²) in [5, 5.41) is 5.77. The second-order valence-electron chi connectivity index (χ2n) is 6.85. The van der Waals surface area contributed by atoms with Crippen LogP contribution >= 0.6 is 0 Å². The van der Waals surface area contributed by atoms with E-state index < -0.39 is 0 Å². The molecule has 6 heteroatoms. The minimum absolute atomic E-state index is 0.0174. The predicted octanol–water partition coefficient (Wildman–Crippen LogP) is 2.99. The first kappa shape index (κ1) is 18.8. The van der Waals surface area contributed by atoms with Crippen molar-refractivity contribution >= 4 is 23.3 Å². The number of carbonyl (C=O) groups excluding carboxylic acids is 2. The Labute approximate surface area is 160 Å². The molecule has 1 heterocycles. The highest BCUT2D eigenvalue weighted by atomic mass is 16.2. The number of carbonyl (C=O) groups is 2. The van der Waals surface area contributed by atoms with E-state index in [1.165, 1.54) is 12.5 Å². The third kappa shape index (κ3) is 5.23. The van der Waals surface area contributed by atoms with Crippen molar-refractivity contribution in [3.63, 3.8) is 0 Å². The molecule has 1 fully saturated rings. The van der Waals surface area contributed by atoms with Crippen LogP contribution in [0.5, 0.6) is 0 Å². The molecule has 1 aliphatic heterocycles. The number of rotatable bonds is 4. The van der Waals surface area contributed by atoms with Crippen molar-refractivity contribution in [3.8, 4) is 0 Å². The van der Waals surface area contributed by atoms with Crippen LogP contribution in [0.3, 0.4) is 0 Å². The van der Waals surface area contributed by atoms with Gasteiger partial charge in [-0.05, 0) is 36.8 Å². The molecule has 0 aromatic heterocycles. The topological polar surface area (TPSA) is 64.7 Å². The molecule has 2 aromatic carbocycles. The van der Waals surface area contributed by atoms with Crippen LogP contribution in [0.15, 0.2) is 48.5 Å². The van der Waals surface area contributed by atoms with E-state index in [9.17, 15) is 9.59 Å². The molecule has 0 radical (unpaired) electrons. The van der Waals surface area contributed by atoms with Gasteiger partial charge in [0.2, 0.25) is 5.91 Å². The monoisotopic (exact) mass is 366 g/mol. The number of aryl methyl sites for hydroxylation is 1. The Hall–Kier alpha value is -3.02. The molecule has 3 amide bonds. The summed E-state index contributed by atoms with van der Waals surface area (Å²) < 4.78 is 0. The summed E-state index contributed by atoms with van der Waals surface area (Å²) in [5.74, 6) is -0.0759. The molecular weight excluding hydrogens is 340 g/mol. The van der Waals surface area contributed by atoms with E-state index >= 15 is 0 Å². The van der Waals surface area contributed by atoms with Gasteiger partial charge in [-0.2, -0.15) is 0 Å². The summed E-state index contributed by atoms with van der Waals surface area (Å²) in [6.07, 6.45) is 0. The highest BCUT2D eigenvalue weighted by Crippen LogP contribution is 2.19. The average Bonchev–Trinajstić information content (AvgIpc) is 2.67. The third-order valence-corrected chi connectivity index (χ3v) is 4.68. The Kier molecular flexibility index (Phi) is 5.96. The Morgan fingerprint density at radius 3 is 2.15 bits per heavy atom. The van der Waals surface area contributed by atoms with Gasteiger partial charge < -0.3 is 20.4 Å². The van der Waals surface area contributed by atoms with Crippen LogP contribution in [0.1, 0.15) is 18.1 Å². The number of urea groups is 1. The molecule has 142 valence electrons. The van der Waals surface area contributed by atoms with E-state index in [0.29, 0.717) is 19.6 Å². The van der Waals surface area contributed by atoms with Crippen molar-refractivity contribution in [2.75, 3.05) is 36.4 Å². The summed E-state index contributed by atoms with van der Waals surface area (Å²) in [5.41, 5.74) is 4.21. The summed E-state index contributed by atoms with van der Waals surface area (Å²) in [6.45, 7) is 7.05. The van der Waals surface area contributed by atoms with Gasteiger partial charge in [-0.25, -0.2) is 4.79 Å². The van der Waals surface area contributed by atoms with Gasteiger partial charge in [0.15, 0.2) is 0 Å². The number of hydrogen-bond acceptors (Lipinski definition) is 3. The van der Waals surface area contributed by atoms with Crippen molar-refractivity contribution < 1.29 is 9.59 Å². The molecule has 0 spiro atoms. The van der Waals surface area contributed by atoms with Crippen LogP contribution in [0, 0.1) is 6.92 Å². The number of nitrogens with zero attached hydrogens (tertiary/aromatic N) is 2. The maximum absolute atomic E-state index is 12.4. The average molecular weight is 366 g/mol. The van der Waals surface area contributed by atoms with Gasteiger partial charge in [0.1, 0.15) is 0 Å². The first-order valence-electron chi connectivity index (χ1n) is 9.22. The second-order valence-corrected chi connectivity index (χ2v) is 6.85. The molecular formula is C21H26N4O2. The lowest BCUT2D eigenvalue weighted by Gasteiger charge is -2.36. The summed E-state index contributed by atoms with van der Waals surface area (Å²) in [4.78, 5) is 27.6. The van der Waals surface area contributed by atoms with Gasteiger partial charge in [-0.3, -0.25) is 4.79 Å². The molecule has 3 rings (SSSR count). The highest BCUT2D eigenvalue weighted by Gasteiger charge is 2.21. The fourth-order valence-corrected chi connectivity index (χ4v) is 3.12. The summed E-state index contributed by atoms with van der Waals surface area (Å²) in [7, 11) is 0. The Morgan fingerprint density at radius 1 is 0.926 bits per heavy atom. The Bertz CT molecular complexity index is 779. The molecule has 2 N–H and O–H groups in total. The third-order valence-electron chi connectivity index (χ3n) is 4.68. The molecule has 1 saturated heterocycles. The molecule has 1 aliphatic rings. The maximum Gasteiger partial charge on any atom is 0.317 e. The normalized spacial score (nSPS) is 14.0. The number of hydrogen-bond donors (Lipinski definition) is 2. The first-order chi connectivity index (χ1) is 13.0. The molecule has 2 aromatic rings. The fourth-order valence-electron chi connectivity index (χ4n) is 3.12. The molecule has 0 unspecified atom stereocenters. The van der Waals surface area contributed by atoms with Crippen molar-refractivity contribution in [3.05, 3.63) is 59.7 Å². The minimum atomic E-state index is -0.0759. The lowest BCUT2D eigenvalue weighted by atomic mass is 10.1. The first-order valence-corrected chi connectivity index (χ1v) is 9.22. The van der Waals surface area contributed by atoms with E-state index in [4.69, 9.17) is 0 Å². The zero-order valence-corrected chi connectivity index (χ0v) is 15.9.